The third kappa shape index (κ3) is 1.19. The van der Waals surface area contributed by atoms with Crippen molar-refractivity contribution in [2.45, 2.75) is 57.9 Å². The van der Waals surface area contributed by atoms with Crippen LogP contribution in [0.4, 0.5) is 0 Å². The molecule has 1 nitrogen and oxygen atoms in total. The molecule has 0 aromatic heterocycles. The van der Waals surface area contributed by atoms with Crippen molar-refractivity contribution >= 4 is 0 Å². The molecule has 2 aliphatic rings. The number of hydrogen-bond donors (Lipinski definition) is 1. The molecule has 0 amide bonds. The minimum absolute atomic E-state index is 0.497. The first-order chi connectivity index (χ1) is 5.73. The maximum atomic E-state index is 6.22. The summed E-state index contributed by atoms with van der Waals surface area (Å²) in [6, 6.07) is 0.497. The third-order valence-electron chi connectivity index (χ3n) is 4.37. The summed E-state index contributed by atoms with van der Waals surface area (Å²) in [5.74, 6) is 0.954. The van der Waals surface area contributed by atoms with E-state index in [1.165, 1.54) is 44.9 Å². The summed E-state index contributed by atoms with van der Waals surface area (Å²) in [6.07, 6.45) is 9.80. The third-order valence-corrected chi connectivity index (χ3v) is 4.37. The molecule has 0 saturated heterocycles. The second-order valence-electron chi connectivity index (χ2n) is 4.99. The summed E-state index contributed by atoms with van der Waals surface area (Å²) in [4.78, 5) is 0. The second kappa shape index (κ2) is 3.02. The molecule has 3 atom stereocenters. The van der Waals surface area contributed by atoms with Crippen molar-refractivity contribution in [1.29, 1.82) is 0 Å². The van der Waals surface area contributed by atoms with E-state index in [1.807, 2.05) is 0 Å². The van der Waals surface area contributed by atoms with Gasteiger partial charge < -0.3 is 5.73 Å². The first kappa shape index (κ1) is 8.55. The zero-order chi connectivity index (χ0) is 8.60. The quantitative estimate of drug-likeness (QED) is 0.590. The van der Waals surface area contributed by atoms with Gasteiger partial charge in [0.15, 0.2) is 0 Å². The Morgan fingerprint density at radius 3 is 2.58 bits per heavy atom. The Morgan fingerprint density at radius 1 is 1.08 bits per heavy atom. The molecule has 2 aliphatic carbocycles. The summed E-state index contributed by atoms with van der Waals surface area (Å²) in [5, 5.41) is 0. The Hall–Kier alpha value is -0.0400. The van der Waals surface area contributed by atoms with Crippen molar-refractivity contribution in [2.75, 3.05) is 0 Å². The monoisotopic (exact) mass is 167 g/mol. The first-order valence-electron chi connectivity index (χ1n) is 5.49. The van der Waals surface area contributed by atoms with E-state index < -0.39 is 0 Å². The second-order valence-corrected chi connectivity index (χ2v) is 4.99. The van der Waals surface area contributed by atoms with Crippen LogP contribution in [0, 0.1) is 11.3 Å². The first-order valence-corrected chi connectivity index (χ1v) is 5.49. The topological polar surface area (TPSA) is 26.0 Å². The van der Waals surface area contributed by atoms with Crippen molar-refractivity contribution in [3.05, 3.63) is 0 Å². The van der Waals surface area contributed by atoms with Crippen molar-refractivity contribution in [3.8, 4) is 0 Å². The van der Waals surface area contributed by atoms with Crippen molar-refractivity contribution in [2.24, 2.45) is 17.1 Å². The zero-order valence-electron chi connectivity index (χ0n) is 8.18. The molecule has 0 aliphatic heterocycles. The van der Waals surface area contributed by atoms with Crippen molar-refractivity contribution in [3.63, 3.8) is 0 Å². The van der Waals surface area contributed by atoms with Gasteiger partial charge in [0.25, 0.3) is 0 Å². The van der Waals surface area contributed by atoms with Crippen LogP contribution in [-0.4, -0.2) is 6.04 Å². The van der Waals surface area contributed by atoms with Gasteiger partial charge in [0.2, 0.25) is 0 Å². The van der Waals surface area contributed by atoms with Crippen LogP contribution in [-0.2, 0) is 0 Å². The zero-order valence-corrected chi connectivity index (χ0v) is 8.18. The summed E-state index contributed by atoms with van der Waals surface area (Å²) in [6.45, 7) is 2.43. The fraction of sp³-hybridized carbons (Fsp3) is 1.00. The highest BCUT2D eigenvalue weighted by molar-refractivity contribution is 4.96. The van der Waals surface area contributed by atoms with Crippen LogP contribution in [0.1, 0.15) is 51.9 Å². The number of nitrogens with two attached hydrogens (primary N) is 1. The van der Waals surface area contributed by atoms with Crippen LogP contribution in [0.2, 0.25) is 0 Å². The normalized spacial score (nSPS) is 48.5. The molecule has 2 rings (SSSR count). The summed E-state index contributed by atoms with van der Waals surface area (Å²) < 4.78 is 0. The van der Waals surface area contributed by atoms with Crippen LogP contribution in [0.25, 0.3) is 0 Å². The molecule has 2 saturated carbocycles. The predicted octanol–water partition coefficient (Wildman–Crippen LogP) is 2.69. The average molecular weight is 167 g/mol. The van der Waals surface area contributed by atoms with Gasteiger partial charge in [-0.05, 0) is 37.0 Å². The van der Waals surface area contributed by atoms with Gasteiger partial charge in [0, 0.05) is 6.04 Å². The molecule has 2 N–H and O–H groups in total. The number of rotatable bonds is 0. The molecule has 1 unspecified atom stereocenters. The number of fused-ring (bicyclic) bond motifs is 1. The van der Waals surface area contributed by atoms with E-state index in [1.54, 1.807) is 0 Å². The summed E-state index contributed by atoms with van der Waals surface area (Å²) in [7, 11) is 0. The van der Waals surface area contributed by atoms with Gasteiger partial charge >= 0.3 is 0 Å². The van der Waals surface area contributed by atoms with Gasteiger partial charge in [0.05, 0.1) is 0 Å². The lowest BCUT2D eigenvalue weighted by molar-refractivity contribution is 0.0423. The van der Waals surface area contributed by atoms with Crippen LogP contribution in [0.3, 0.4) is 0 Å². The summed E-state index contributed by atoms with van der Waals surface area (Å²) in [5.41, 5.74) is 6.73. The highest BCUT2D eigenvalue weighted by Crippen LogP contribution is 2.49. The molecule has 0 spiro atoms. The molecule has 12 heavy (non-hydrogen) atoms. The largest absolute Gasteiger partial charge is 0.327 e. The van der Waals surface area contributed by atoms with E-state index >= 15 is 0 Å². The molecule has 0 aromatic rings. The highest BCUT2D eigenvalue weighted by Gasteiger charge is 2.42. The van der Waals surface area contributed by atoms with E-state index in [0.29, 0.717) is 11.5 Å². The number of hydrogen-bond acceptors (Lipinski definition) is 1. The Labute approximate surface area is 75.7 Å². The van der Waals surface area contributed by atoms with E-state index in [0.717, 1.165) is 5.92 Å². The minimum Gasteiger partial charge on any atom is -0.327 e. The summed E-state index contributed by atoms with van der Waals surface area (Å²) >= 11 is 0. The lowest BCUT2D eigenvalue weighted by atomic mass is 9.58. The molecular formula is C11H21N. The highest BCUT2D eigenvalue weighted by atomic mass is 14.7. The van der Waals surface area contributed by atoms with Crippen molar-refractivity contribution < 1.29 is 0 Å². The molecule has 0 radical (unpaired) electrons. The SMILES string of the molecule is C[C@@]12CCCC[C@@H]1CCCC2N. The molecule has 0 aromatic carbocycles. The maximum Gasteiger partial charge on any atom is 0.00955 e. The van der Waals surface area contributed by atoms with Gasteiger partial charge in [-0.2, -0.15) is 0 Å². The minimum atomic E-state index is 0.497. The van der Waals surface area contributed by atoms with E-state index in [9.17, 15) is 0 Å². The predicted molar refractivity (Wildman–Crippen MR) is 51.9 cm³/mol. The molecule has 0 heterocycles. The fourth-order valence-corrected chi connectivity index (χ4v) is 3.31. The van der Waals surface area contributed by atoms with Crippen LogP contribution >= 0.6 is 0 Å². The standard InChI is InChI=1S/C11H21N/c1-11-8-3-2-5-9(11)6-4-7-10(11)12/h9-10H,2-8,12H2,1H3/t9-,10?,11-/m1/s1. The van der Waals surface area contributed by atoms with E-state index in [4.69, 9.17) is 5.73 Å². The average Bonchev–Trinajstić information content (AvgIpc) is 2.07. The fourth-order valence-electron chi connectivity index (χ4n) is 3.31. The molecule has 2 fully saturated rings. The molecule has 1 heteroatoms. The Morgan fingerprint density at radius 2 is 1.83 bits per heavy atom. The smallest absolute Gasteiger partial charge is 0.00955 e. The Bertz CT molecular complexity index is 164. The molecular weight excluding hydrogens is 146 g/mol. The Kier molecular flexibility index (Phi) is 2.16. The van der Waals surface area contributed by atoms with Crippen LogP contribution < -0.4 is 5.73 Å². The van der Waals surface area contributed by atoms with Gasteiger partial charge in [-0.1, -0.05) is 26.2 Å². The van der Waals surface area contributed by atoms with E-state index in [-0.39, 0.29) is 0 Å². The molecule has 70 valence electrons. The van der Waals surface area contributed by atoms with Gasteiger partial charge in [-0.15, -0.1) is 0 Å². The van der Waals surface area contributed by atoms with Crippen LogP contribution in [0.5, 0.6) is 0 Å². The Balaban J connectivity index is 2.14. The van der Waals surface area contributed by atoms with Gasteiger partial charge in [0.1, 0.15) is 0 Å². The van der Waals surface area contributed by atoms with Gasteiger partial charge in [-0.3, -0.25) is 0 Å². The van der Waals surface area contributed by atoms with Gasteiger partial charge in [-0.25, -0.2) is 0 Å². The lowest BCUT2D eigenvalue weighted by Gasteiger charge is -2.49. The molecule has 0 bridgehead atoms. The lowest BCUT2D eigenvalue weighted by Crippen LogP contribution is -2.49. The van der Waals surface area contributed by atoms with Crippen LogP contribution in [0.15, 0.2) is 0 Å². The van der Waals surface area contributed by atoms with E-state index in [2.05, 4.69) is 6.92 Å². The van der Waals surface area contributed by atoms with Crippen molar-refractivity contribution in [1.82, 2.24) is 0 Å². The maximum absolute atomic E-state index is 6.22.